The fraction of sp³-hybridized carbons (Fsp3) is 0.294. The van der Waals surface area contributed by atoms with E-state index in [1.54, 1.807) is 17.8 Å². The van der Waals surface area contributed by atoms with Crippen molar-refractivity contribution < 1.29 is 13.9 Å². The first-order valence-corrected chi connectivity index (χ1v) is 9.04. The Morgan fingerprint density at radius 3 is 2.88 bits per heavy atom. The zero-order valence-electron chi connectivity index (χ0n) is 14.7. The number of benzene rings is 1. The molecule has 0 saturated carbocycles. The number of thioether (sulfide) groups is 1. The molecule has 3 rings (SSSR count). The summed E-state index contributed by atoms with van der Waals surface area (Å²) in [6, 6.07) is 9.25. The van der Waals surface area contributed by atoms with E-state index < -0.39 is 0 Å². The van der Waals surface area contributed by atoms with Gasteiger partial charge in [0.2, 0.25) is 5.91 Å². The summed E-state index contributed by atoms with van der Waals surface area (Å²) in [5.41, 5.74) is 1.56. The molecule has 0 unspecified atom stereocenters. The molecule has 3 aromatic rings. The molecule has 0 fully saturated rings. The lowest BCUT2D eigenvalue weighted by Gasteiger charge is -2.06. The van der Waals surface area contributed by atoms with Gasteiger partial charge in [-0.3, -0.25) is 9.48 Å². The van der Waals surface area contributed by atoms with E-state index in [0.29, 0.717) is 29.3 Å². The van der Waals surface area contributed by atoms with Crippen LogP contribution in [0.1, 0.15) is 12.6 Å². The minimum absolute atomic E-state index is 0.152. The molecule has 136 valence electrons. The molecule has 2 heterocycles. The molecule has 1 aromatic carbocycles. The van der Waals surface area contributed by atoms with E-state index in [0.717, 1.165) is 11.3 Å². The van der Waals surface area contributed by atoms with Crippen molar-refractivity contribution in [3.63, 3.8) is 0 Å². The predicted molar refractivity (Wildman–Crippen MR) is 98.2 cm³/mol. The molecule has 0 aliphatic rings. The number of amides is 1. The number of carbonyl (C=O) groups is 1. The number of aromatic nitrogens is 4. The van der Waals surface area contributed by atoms with Crippen LogP contribution in [-0.2, 0) is 11.8 Å². The van der Waals surface area contributed by atoms with Gasteiger partial charge in [-0.1, -0.05) is 23.9 Å². The number of hydrogen-bond acceptors (Lipinski definition) is 7. The van der Waals surface area contributed by atoms with Crippen LogP contribution in [0.4, 0.5) is 5.82 Å². The first-order valence-electron chi connectivity index (χ1n) is 8.05. The largest absolute Gasteiger partial charge is 0.493 e. The van der Waals surface area contributed by atoms with Crippen LogP contribution in [0, 0.1) is 6.92 Å². The average Bonchev–Trinajstić information content (AvgIpc) is 3.20. The molecule has 2 aromatic heterocycles. The normalized spacial score (nSPS) is 10.7. The summed E-state index contributed by atoms with van der Waals surface area (Å²) in [6.45, 7) is 4.32. The zero-order valence-corrected chi connectivity index (χ0v) is 15.5. The average molecular weight is 373 g/mol. The Labute approximate surface area is 154 Å². The second-order valence-electron chi connectivity index (χ2n) is 5.43. The topological polar surface area (TPSA) is 95.1 Å². The second kappa shape index (κ2) is 8.05. The van der Waals surface area contributed by atoms with Crippen LogP contribution in [0.5, 0.6) is 5.75 Å². The maximum absolute atomic E-state index is 12.1. The summed E-state index contributed by atoms with van der Waals surface area (Å²) < 4.78 is 12.8. The van der Waals surface area contributed by atoms with E-state index in [9.17, 15) is 4.79 Å². The maximum Gasteiger partial charge on any atom is 0.277 e. The van der Waals surface area contributed by atoms with Crippen molar-refractivity contribution in [2.24, 2.45) is 7.05 Å². The number of ether oxygens (including phenoxy) is 1. The van der Waals surface area contributed by atoms with Crippen LogP contribution in [0.25, 0.3) is 11.5 Å². The monoisotopic (exact) mass is 373 g/mol. The third-order valence-corrected chi connectivity index (χ3v) is 4.24. The first kappa shape index (κ1) is 18.0. The Balaban J connectivity index is 1.62. The molecule has 1 amide bonds. The number of para-hydroxylation sites is 1. The number of nitrogens with zero attached hydrogens (tertiary/aromatic N) is 4. The standard InChI is InChI=1S/C17H19N5O3S/c1-4-24-13-8-6-5-7-12(13)16-19-20-17(25-16)26-10-15(23)18-14-9-11(2)21-22(14)3/h5-9H,4,10H2,1-3H3,(H,18,23). The molecule has 9 heteroatoms. The van der Waals surface area contributed by atoms with Gasteiger partial charge >= 0.3 is 0 Å². The molecule has 0 spiro atoms. The van der Waals surface area contributed by atoms with Gasteiger partial charge in [-0.05, 0) is 26.0 Å². The van der Waals surface area contributed by atoms with Gasteiger partial charge < -0.3 is 14.5 Å². The van der Waals surface area contributed by atoms with Crippen molar-refractivity contribution in [2.75, 3.05) is 17.7 Å². The van der Waals surface area contributed by atoms with E-state index >= 15 is 0 Å². The van der Waals surface area contributed by atoms with Gasteiger partial charge in [0, 0.05) is 13.1 Å². The summed E-state index contributed by atoms with van der Waals surface area (Å²) in [6.07, 6.45) is 0. The maximum atomic E-state index is 12.1. The first-order chi connectivity index (χ1) is 12.6. The molecular formula is C17H19N5O3S. The van der Waals surface area contributed by atoms with Crippen LogP contribution in [0.3, 0.4) is 0 Å². The molecular weight excluding hydrogens is 354 g/mol. The molecule has 0 atom stereocenters. The van der Waals surface area contributed by atoms with Crippen molar-refractivity contribution in [3.8, 4) is 17.2 Å². The van der Waals surface area contributed by atoms with Gasteiger partial charge in [-0.25, -0.2) is 0 Å². The molecule has 0 aliphatic heterocycles. The molecule has 26 heavy (non-hydrogen) atoms. The van der Waals surface area contributed by atoms with Gasteiger partial charge in [-0.2, -0.15) is 5.10 Å². The summed E-state index contributed by atoms with van der Waals surface area (Å²) in [5.74, 6) is 1.66. The third-order valence-electron chi connectivity index (χ3n) is 3.42. The number of carbonyl (C=O) groups excluding carboxylic acids is 1. The van der Waals surface area contributed by atoms with Crippen molar-refractivity contribution in [1.29, 1.82) is 0 Å². The molecule has 0 bridgehead atoms. The highest BCUT2D eigenvalue weighted by molar-refractivity contribution is 7.99. The summed E-state index contributed by atoms with van der Waals surface area (Å²) in [4.78, 5) is 12.1. The number of anilines is 1. The minimum Gasteiger partial charge on any atom is -0.493 e. The van der Waals surface area contributed by atoms with Gasteiger partial charge in [0.05, 0.1) is 23.6 Å². The Bertz CT molecular complexity index is 905. The zero-order chi connectivity index (χ0) is 18.5. The van der Waals surface area contributed by atoms with Crippen LogP contribution in [-0.4, -0.2) is 38.2 Å². The second-order valence-corrected chi connectivity index (χ2v) is 6.36. The van der Waals surface area contributed by atoms with E-state index in [1.165, 1.54) is 11.8 Å². The van der Waals surface area contributed by atoms with Crippen LogP contribution >= 0.6 is 11.8 Å². The van der Waals surface area contributed by atoms with Crippen LogP contribution in [0.2, 0.25) is 0 Å². The lowest BCUT2D eigenvalue weighted by Crippen LogP contribution is -2.16. The Morgan fingerprint density at radius 2 is 2.15 bits per heavy atom. The van der Waals surface area contributed by atoms with E-state index in [-0.39, 0.29) is 11.7 Å². The summed E-state index contributed by atoms with van der Waals surface area (Å²) >= 11 is 1.17. The predicted octanol–water partition coefficient (Wildman–Crippen LogP) is 2.91. The Hall–Kier alpha value is -2.81. The summed E-state index contributed by atoms with van der Waals surface area (Å²) in [5, 5.41) is 15.3. The summed E-state index contributed by atoms with van der Waals surface area (Å²) in [7, 11) is 1.77. The smallest absolute Gasteiger partial charge is 0.277 e. The van der Waals surface area contributed by atoms with Crippen LogP contribution < -0.4 is 10.1 Å². The molecule has 0 saturated heterocycles. The van der Waals surface area contributed by atoms with Gasteiger partial charge in [0.15, 0.2) is 0 Å². The lowest BCUT2D eigenvalue weighted by molar-refractivity contribution is -0.113. The fourth-order valence-corrected chi connectivity index (χ4v) is 2.90. The highest BCUT2D eigenvalue weighted by atomic mass is 32.2. The Kier molecular flexibility index (Phi) is 5.57. The lowest BCUT2D eigenvalue weighted by atomic mass is 10.2. The van der Waals surface area contributed by atoms with Crippen molar-refractivity contribution in [3.05, 3.63) is 36.0 Å². The van der Waals surface area contributed by atoms with Crippen LogP contribution in [0.15, 0.2) is 40.0 Å². The van der Waals surface area contributed by atoms with Crippen molar-refractivity contribution in [1.82, 2.24) is 20.0 Å². The number of aryl methyl sites for hydroxylation is 2. The molecule has 8 nitrogen and oxygen atoms in total. The Morgan fingerprint density at radius 1 is 1.35 bits per heavy atom. The van der Waals surface area contributed by atoms with Gasteiger partial charge in [0.1, 0.15) is 11.6 Å². The molecule has 1 N–H and O–H groups in total. The van der Waals surface area contributed by atoms with E-state index in [2.05, 4.69) is 20.6 Å². The van der Waals surface area contributed by atoms with E-state index in [4.69, 9.17) is 9.15 Å². The molecule has 0 radical (unpaired) electrons. The van der Waals surface area contributed by atoms with E-state index in [1.807, 2.05) is 38.1 Å². The number of hydrogen-bond donors (Lipinski definition) is 1. The minimum atomic E-state index is -0.174. The van der Waals surface area contributed by atoms with Gasteiger partial charge in [-0.15, -0.1) is 10.2 Å². The molecule has 0 aliphatic carbocycles. The number of rotatable bonds is 7. The fourth-order valence-electron chi connectivity index (χ4n) is 2.34. The third kappa shape index (κ3) is 4.23. The van der Waals surface area contributed by atoms with Crippen molar-refractivity contribution >= 4 is 23.5 Å². The van der Waals surface area contributed by atoms with Crippen molar-refractivity contribution in [2.45, 2.75) is 19.1 Å². The highest BCUT2D eigenvalue weighted by Gasteiger charge is 2.15. The SMILES string of the molecule is CCOc1ccccc1-c1nnc(SCC(=O)Nc2cc(C)nn2C)o1. The highest BCUT2D eigenvalue weighted by Crippen LogP contribution is 2.30. The quantitative estimate of drug-likeness (QED) is 0.636. The number of nitrogens with one attached hydrogen (secondary N) is 1. The van der Waals surface area contributed by atoms with Gasteiger partial charge in [0.25, 0.3) is 11.1 Å².